The Balaban J connectivity index is 2.13. The summed E-state index contributed by atoms with van der Waals surface area (Å²) in [7, 11) is 1.77. The van der Waals surface area contributed by atoms with Crippen LogP contribution in [0.2, 0.25) is 0 Å². The van der Waals surface area contributed by atoms with Crippen molar-refractivity contribution in [3.8, 4) is 0 Å². The lowest BCUT2D eigenvalue weighted by molar-refractivity contribution is -0.151. The van der Waals surface area contributed by atoms with E-state index in [4.69, 9.17) is 4.74 Å². The first-order valence-electron chi connectivity index (χ1n) is 6.57. The molecule has 1 aromatic rings. The summed E-state index contributed by atoms with van der Waals surface area (Å²) < 4.78 is 5.16. The number of anilines is 2. The van der Waals surface area contributed by atoms with Crippen LogP contribution in [-0.4, -0.2) is 36.2 Å². The van der Waals surface area contributed by atoms with Gasteiger partial charge in [0.15, 0.2) is 5.82 Å². The third-order valence-electron chi connectivity index (χ3n) is 3.62. The van der Waals surface area contributed by atoms with Crippen molar-refractivity contribution in [1.29, 1.82) is 0 Å². The number of rotatable bonds is 2. The molecular weight excluding hydrogens is 260 g/mol. The van der Waals surface area contributed by atoms with Gasteiger partial charge in [-0.3, -0.25) is 14.7 Å². The van der Waals surface area contributed by atoms with E-state index in [2.05, 4.69) is 10.4 Å². The van der Waals surface area contributed by atoms with Crippen molar-refractivity contribution in [3.05, 3.63) is 18.3 Å². The Morgan fingerprint density at radius 2 is 2.40 bits per heavy atom. The Kier molecular flexibility index (Phi) is 2.86. The molecular formula is C13H16N4O3. The quantitative estimate of drug-likeness (QED) is 0.789. The highest BCUT2D eigenvalue weighted by atomic mass is 16.5. The minimum atomic E-state index is -1.15. The molecule has 1 unspecified atom stereocenters. The first-order valence-corrected chi connectivity index (χ1v) is 6.57. The van der Waals surface area contributed by atoms with Crippen molar-refractivity contribution < 1.29 is 14.3 Å². The SMILES string of the molecule is CCOC(=O)C12CCC(=O)N1c1cccnc1N(C)N2. The van der Waals surface area contributed by atoms with E-state index in [1.54, 1.807) is 37.3 Å². The lowest BCUT2D eigenvalue weighted by Crippen LogP contribution is -2.69. The molecule has 1 atom stereocenters. The molecule has 1 fully saturated rings. The van der Waals surface area contributed by atoms with Crippen molar-refractivity contribution in [2.75, 3.05) is 23.6 Å². The number of carbonyl (C=O) groups excluding carboxylic acids is 2. The summed E-state index contributed by atoms with van der Waals surface area (Å²) in [6, 6.07) is 3.54. The summed E-state index contributed by atoms with van der Waals surface area (Å²) in [4.78, 5) is 30.3. The number of ether oxygens (including phenoxy) is 1. The minimum absolute atomic E-state index is 0.104. The highest BCUT2D eigenvalue weighted by molar-refractivity contribution is 6.07. The van der Waals surface area contributed by atoms with Gasteiger partial charge in [0.05, 0.1) is 12.3 Å². The van der Waals surface area contributed by atoms with Gasteiger partial charge in [-0.05, 0) is 19.1 Å². The number of esters is 1. The van der Waals surface area contributed by atoms with Gasteiger partial charge in [0.25, 0.3) is 0 Å². The summed E-state index contributed by atoms with van der Waals surface area (Å²) in [5.74, 6) is 0.0720. The summed E-state index contributed by atoms with van der Waals surface area (Å²) in [5.41, 5.74) is 2.54. The number of aromatic nitrogens is 1. The Hall–Kier alpha value is -2.15. The number of hydrogen-bond acceptors (Lipinski definition) is 6. The Bertz CT molecular complexity index is 576. The van der Waals surface area contributed by atoms with E-state index in [-0.39, 0.29) is 12.5 Å². The largest absolute Gasteiger partial charge is 0.463 e. The highest BCUT2D eigenvalue weighted by Gasteiger charge is 2.57. The van der Waals surface area contributed by atoms with E-state index >= 15 is 0 Å². The van der Waals surface area contributed by atoms with Gasteiger partial charge in [-0.2, -0.15) is 5.43 Å². The fourth-order valence-corrected chi connectivity index (χ4v) is 2.81. The monoisotopic (exact) mass is 276 g/mol. The molecule has 1 aromatic heterocycles. The number of nitrogens with one attached hydrogen (secondary N) is 1. The van der Waals surface area contributed by atoms with Crippen LogP contribution in [0.3, 0.4) is 0 Å². The van der Waals surface area contributed by atoms with Gasteiger partial charge in [0.1, 0.15) is 0 Å². The first kappa shape index (κ1) is 12.9. The van der Waals surface area contributed by atoms with Gasteiger partial charge in [-0.1, -0.05) is 0 Å². The van der Waals surface area contributed by atoms with Crippen molar-refractivity contribution >= 4 is 23.4 Å². The standard InChI is InChI=1S/C13H16N4O3/c1-3-20-12(19)13-7-6-10(18)17(13)9-5-4-8-14-11(9)16(2)15-13/h4-5,8,15H,3,6-7H2,1-2H3. The van der Waals surface area contributed by atoms with Gasteiger partial charge in [-0.15, -0.1) is 0 Å². The van der Waals surface area contributed by atoms with Gasteiger partial charge in [0, 0.05) is 26.1 Å². The molecule has 3 heterocycles. The maximum Gasteiger partial charge on any atom is 0.349 e. The molecule has 1 saturated heterocycles. The van der Waals surface area contributed by atoms with Gasteiger partial charge >= 0.3 is 5.97 Å². The summed E-state index contributed by atoms with van der Waals surface area (Å²) in [6.07, 6.45) is 2.33. The average Bonchev–Trinajstić information content (AvgIpc) is 2.78. The zero-order valence-electron chi connectivity index (χ0n) is 11.4. The van der Waals surface area contributed by atoms with E-state index in [0.29, 0.717) is 24.3 Å². The lowest BCUT2D eigenvalue weighted by Gasteiger charge is -2.44. The van der Waals surface area contributed by atoms with Crippen LogP contribution in [0.25, 0.3) is 0 Å². The van der Waals surface area contributed by atoms with E-state index in [9.17, 15) is 9.59 Å². The van der Waals surface area contributed by atoms with E-state index in [1.807, 2.05) is 0 Å². The third kappa shape index (κ3) is 1.59. The van der Waals surface area contributed by atoms with Gasteiger partial charge < -0.3 is 4.74 Å². The normalized spacial score (nSPS) is 24.4. The van der Waals surface area contributed by atoms with Crippen molar-refractivity contribution in [2.24, 2.45) is 0 Å². The predicted molar refractivity (Wildman–Crippen MR) is 71.9 cm³/mol. The van der Waals surface area contributed by atoms with Crippen LogP contribution in [0.5, 0.6) is 0 Å². The van der Waals surface area contributed by atoms with Crippen LogP contribution < -0.4 is 15.3 Å². The molecule has 20 heavy (non-hydrogen) atoms. The molecule has 0 spiro atoms. The van der Waals surface area contributed by atoms with Crippen LogP contribution in [0.15, 0.2) is 18.3 Å². The maximum atomic E-state index is 12.4. The molecule has 2 aliphatic rings. The molecule has 7 heteroatoms. The minimum Gasteiger partial charge on any atom is -0.463 e. The summed E-state index contributed by atoms with van der Waals surface area (Å²) >= 11 is 0. The second-order valence-corrected chi connectivity index (χ2v) is 4.83. The maximum absolute atomic E-state index is 12.4. The van der Waals surface area contributed by atoms with Gasteiger partial charge in [-0.25, -0.2) is 9.78 Å². The molecule has 0 bridgehead atoms. The first-order chi connectivity index (χ1) is 9.60. The topological polar surface area (TPSA) is 74.8 Å². The molecule has 0 radical (unpaired) electrons. The number of hydrazine groups is 1. The molecule has 0 saturated carbocycles. The smallest absolute Gasteiger partial charge is 0.349 e. The summed E-state index contributed by atoms with van der Waals surface area (Å²) in [5, 5.41) is 1.67. The highest BCUT2D eigenvalue weighted by Crippen LogP contribution is 2.41. The fraction of sp³-hybridized carbons (Fsp3) is 0.462. The molecule has 1 amide bonds. The van der Waals surface area contributed by atoms with E-state index in [1.165, 1.54) is 4.90 Å². The second kappa shape index (κ2) is 4.45. The number of nitrogens with zero attached hydrogens (tertiary/aromatic N) is 3. The molecule has 3 rings (SSSR count). The summed E-state index contributed by atoms with van der Waals surface area (Å²) in [6.45, 7) is 2.02. The number of hydrogen-bond donors (Lipinski definition) is 1. The number of fused-ring (bicyclic) bond motifs is 3. The molecule has 0 aliphatic carbocycles. The van der Waals surface area contributed by atoms with Crippen molar-refractivity contribution in [1.82, 2.24) is 10.4 Å². The number of carbonyl (C=O) groups is 2. The lowest BCUT2D eigenvalue weighted by atomic mass is 10.1. The number of pyridine rings is 1. The Morgan fingerprint density at radius 3 is 3.15 bits per heavy atom. The molecule has 2 aliphatic heterocycles. The van der Waals surface area contributed by atoms with Crippen LogP contribution in [-0.2, 0) is 14.3 Å². The third-order valence-corrected chi connectivity index (χ3v) is 3.62. The molecule has 0 aromatic carbocycles. The van der Waals surface area contributed by atoms with Crippen molar-refractivity contribution in [3.63, 3.8) is 0 Å². The van der Waals surface area contributed by atoms with Gasteiger partial charge in [0.2, 0.25) is 11.6 Å². The zero-order valence-corrected chi connectivity index (χ0v) is 11.4. The fourth-order valence-electron chi connectivity index (χ4n) is 2.81. The predicted octanol–water partition coefficient (Wildman–Crippen LogP) is 0.422. The Labute approximate surface area is 116 Å². The van der Waals surface area contributed by atoms with Crippen molar-refractivity contribution in [2.45, 2.75) is 25.4 Å². The van der Waals surface area contributed by atoms with E-state index < -0.39 is 11.6 Å². The van der Waals surface area contributed by atoms with Crippen LogP contribution in [0.1, 0.15) is 19.8 Å². The molecule has 7 nitrogen and oxygen atoms in total. The molecule has 1 N–H and O–H groups in total. The van der Waals surface area contributed by atoms with E-state index in [0.717, 1.165) is 0 Å². The van der Waals surface area contributed by atoms with Crippen LogP contribution >= 0.6 is 0 Å². The zero-order chi connectivity index (χ0) is 14.3. The van der Waals surface area contributed by atoms with Crippen LogP contribution in [0, 0.1) is 0 Å². The Morgan fingerprint density at radius 1 is 1.60 bits per heavy atom. The molecule has 106 valence electrons. The average molecular weight is 276 g/mol. The van der Waals surface area contributed by atoms with Crippen LogP contribution in [0.4, 0.5) is 11.5 Å². The second-order valence-electron chi connectivity index (χ2n) is 4.83. The number of amides is 1.